The Balaban J connectivity index is 2.70. The molecule has 0 saturated carbocycles. The van der Waals surface area contributed by atoms with E-state index in [1.54, 1.807) is 11.0 Å². The molecule has 0 spiro atoms. The Morgan fingerprint density at radius 1 is 1.28 bits per heavy atom. The van der Waals surface area contributed by atoms with Crippen LogP contribution in [0.2, 0.25) is 0 Å². The molecule has 1 rings (SSSR count). The molecule has 0 aliphatic heterocycles. The van der Waals surface area contributed by atoms with E-state index in [9.17, 15) is 5.11 Å². The zero-order chi connectivity index (χ0) is 13.8. The summed E-state index contributed by atoms with van der Waals surface area (Å²) < 4.78 is 1.72. The van der Waals surface area contributed by atoms with Crippen molar-refractivity contribution < 1.29 is 5.11 Å². The van der Waals surface area contributed by atoms with Crippen LogP contribution >= 0.6 is 0 Å². The molecule has 0 saturated heterocycles. The summed E-state index contributed by atoms with van der Waals surface area (Å²) in [6.07, 6.45) is 6.17. The summed E-state index contributed by atoms with van der Waals surface area (Å²) in [5, 5.41) is 15.0. The lowest BCUT2D eigenvalue weighted by atomic mass is 9.73. The Morgan fingerprint density at radius 2 is 1.94 bits per heavy atom. The largest absolute Gasteiger partial charge is 0.387 e. The molecule has 0 bridgehead atoms. The number of nitrogens with zero attached hydrogens (tertiary/aromatic N) is 3. The number of aromatic nitrogens is 3. The van der Waals surface area contributed by atoms with Gasteiger partial charge in [0, 0.05) is 0 Å². The molecule has 0 aromatic carbocycles. The van der Waals surface area contributed by atoms with Gasteiger partial charge in [-0.3, -0.25) is 4.68 Å². The smallest absolute Gasteiger partial charge is 0.137 e. The van der Waals surface area contributed by atoms with Gasteiger partial charge in [-0.2, -0.15) is 5.10 Å². The van der Waals surface area contributed by atoms with Crippen LogP contribution in [-0.4, -0.2) is 25.5 Å². The summed E-state index contributed by atoms with van der Waals surface area (Å²) in [5.74, 6) is 0.681. The van der Waals surface area contributed by atoms with Gasteiger partial charge in [-0.1, -0.05) is 47.5 Å². The maximum absolute atomic E-state index is 10.9. The topological polar surface area (TPSA) is 50.9 Å². The highest BCUT2D eigenvalue weighted by atomic mass is 16.3. The van der Waals surface area contributed by atoms with Gasteiger partial charge >= 0.3 is 0 Å². The molecule has 18 heavy (non-hydrogen) atoms. The first kappa shape index (κ1) is 15.2. The summed E-state index contributed by atoms with van der Waals surface area (Å²) in [4.78, 5) is 3.94. The summed E-state index contributed by atoms with van der Waals surface area (Å²) in [5.41, 5.74) is -0.911. The van der Waals surface area contributed by atoms with E-state index in [0.29, 0.717) is 12.5 Å². The standard InChI is InChI=1S/C14H27N3O/c1-12(2)7-6-8-14(18,13(3,4)5)9-17-11-15-10-16-17/h10-12,18H,6-9H2,1-5H3. The normalized spacial score (nSPS) is 15.9. The number of aliphatic hydroxyl groups is 1. The van der Waals surface area contributed by atoms with Crippen molar-refractivity contribution in [2.75, 3.05) is 0 Å². The Labute approximate surface area is 110 Å². The summed E-state index contributed by atoms with van der Waals surface area (Å²) in [7, 11) is 0. The minimum absolute atomic E-state index is 0.171. The van der Waals surface area contributed by atoms with Crippen molar-refractivity contribution in [3.63, 3.8) is 0 Å². The van der Waals surface area contributed by atoms with Crippen molar-refractivity contribution in [3.8, 4) is 0 Å². The molecule has 1 N–H and O–H groups in total. The second kappa shape index (κ2) is 5.83. The van der Waals surface area contributed by atoms with E-state index in [1.165, 1.54) is 6.33 Å². The van der Waals surface area contributed by atoms with E-state index in [4.69, 9.17) is 0 Å². The second-order valence-electron chi connectivity index (χ2n) is 6.66. The monoisotopic (exact) mass is 253 g/mol. The van der Waals surface area contributed by atoms with Crippen molar-refractivity contribution >= 4 is 0 Å². The Hall–Kier alpha value is -0.900. The quantitative estimate of drug-likeness (QED) is 0.848. The fourth-order valence-electron chi connectivity index (χ4n) is 2.08. The molecular weight excluding hydrogens is 226 g/mol. The highest BCUT2D eigenvalue weighted by Gasteiger charge is 2.40. The summed E-state index contributed by atoms with van der Waals surface area (Å²) in [6.45, 7) is 11.2. The average molecular weight is 253 g/mol. The minimum Gasteiger partial charge on any atom is -0.387 e. The van der Waals surface area contributed by atoms with Gasteiger partial charge in [-0.05, 0) is 17.8 Å². The van der Waals surface area contributed by atoms with Crippen LogP contribution in [0.5, 0.6) is 0 Å². The van der Waals surface area contributed by atoms with Crippen LogP contribution in [0.15, 0.2) is 12.7 Å². The van der Waals surface area contributed by atoms with E-state index < -0.39 is 5.60 Å². The van der Waals surface area contributed by atoms with Crippen LogP contribution in [0.1, 0.15) is 53.9 Å². The third-order valence-electron chi connectivity index (χ3n) is 3.66. The van der Waals surface area contributed by atoms with E-state index in [2.05, 4.69) is 44.7 Å². The summed E-state index contributed by atoms with van der Waals surface area (Å²) in [6, 6.07) is 0. The Kier molecular flexibility index (Phi) is 4.91. The number of rotatable bonds is 6. The maximum atomic E-state index is 10.9. The van der Waals surface area contributed by atoms with Crippen LogP contribution in [0.25, 0.3) is 0 Å². The van der Waals surface area contributed by atoms with Gasteiger partial charge in [0.05, 0.1) is 12.1 Å². The lowest BCUT2D eigenvalue weighted by Gasteiger charge is -2.40. The molecule has 0 aliphatic rings. The fraction of sp³-hybridized carbons (Fsp3) is 0.857. The summed E-state index contributed by atoms with van der Waals surface area (Å²) >= 11 is 0. The molecule has 104 valence electrons. The van der Waals surface area contributed by atoms with E-state index in [-0.39, 0.29) is 5.41 Å². The second-order valence-corrected chi connectivity index (χ2v) is 6.66. The third-order valence-corrected chi connectivity index (χ3v) is 3.66. The van der Waals surface area contributed by atoms with Gasteiger partial charge in [0.25, 0.3) is 0 Å². The predicted molar refractivity (Wildman–Crippen MR) is 73.1 cm³/mol. The fourth-order valence-corrected chi connectivity index (χ4v) is 2.08. The molecule has 4 nitrogen and oxygen atoms in total. The van der Waals surface area contributed by atoms with Gasteiger partial charge in [-0.15, -0.1) is 0 Å². The molecule has 1 unspecified atom stereocenters. The first-order valence-electron chi connectivity index (χ1n) is 6.79. The zero-order valence-electron chi connectivity index (χ0n) is 12.3. The highest BCUT2D eigenvalue weighted by Crippen LogP contribution is 2.36. The van der Waals surface area contributed by atoms with Crippen molar-refractivity contribution in [2.45, 2.75) is 66.0 Å². The van der Waals surface area contributed by atoms with Gasteiger partial charge in [0.1, 0.15) is 12.7 Å². The molecule has 0 radical (unpaired) electrons. The van der Waals surface area contributed by atoms with Gasteiger partial charge in [0.2, 0.25) is 0 Å². The highest BCUT2D eigenvalue weighted by molar-refractivity contribution is 4.90. The van der Waals surface area contributed by atoms with Gasteiger partial charge < -0.3 is 5.11 Å². The SMILES string of the molecule is CC(C)CCCC(O)(Cn1cncn1)C(C)(C)C. The van der Waals surface area contributed by atoms with Crippen molar-refractivity contribution in [1.82, 2.24) is 14.8 Å². The molecule has 1 heterocycles. The molecule has 0 aliphatic carbocycles. The third kappa shape index (κ3) is 4.09. The molecule has 0 fully saturated rings. The molecule has 1 aromatic heterocycles. The molecular formula is C14H27N3O. The van der Waals surface area contributed by atoms with Crippen molar-refractivity contribution in [3.05, 3.63) is 12.7 Å². The van der Waals surface area contributed by atoms with Crippen LogP contribution < -0.4 is 0 Å². The first-order valence-corrected chi connectivity index (χ1v) is 6.79. The van der Waals surface area contributed by atoms with E-state index in [0.717, 1.165) is 19.3 Å². The lowest BCUT2D eigenvalue weighted by Crippen LogP contribution is -2.46. The van der Waals surface area contributed by atoms with Gasteiger partial charge in [-0.25, -0.2) is 4.98 Å². The van der Waals surface area contributed by atoms with E-state index in [1.807, 2.05) is 0 Å². The zero-order valence-corrected chi connectivity index (χ0v) is 12.3. The Bertz CT molecular complexity index is 340. The van der Waals surface area contributed by atoms with Crippen molar-refractivity contribution in [1.29, 1.82) is 0 Å². The van der Waals surface area contributed by atoms with Gasteiger partial charge in [0.15, 0.2) is 0 Å². The van der Waals surface area contributed by atoms with Crippen LogP contribution in [0.3, 0.4) is 0 Å². The number of hydrogen-bond donors (Lipinski definition) is 1. The minimum atomic E-state index is -0.740. The first-order chi connectivity index (χ1) is 8.24. The van der Waals surface area contributed by atoms with E-state index >= 15 is 0 Å². The molecule has 0 amide bonds. The lowest BCUT2D eigenvalue weighted by molar-refractivity contribution is -0.0817. The molecule has 1 aromatic rings. The Morgan fingerprint density at radius 3 is 2.39 bits per heavy atom. The molecule has 1 atom stereocenters. The van der Waals surface area contributed by atoms with Crippen molar-refractivity contribution in [2.24, 2.45) is 11.3 Å². The van der Waals surface area contributed by atoms with Crippen LogP contribution in [0.4, 0.5) is 0 Å². The van der Waals surface area contributed by atoms with Crippen LogP contribution in [0, 0.1) is 11.3 Å². The average Bonchev–Trinajstić information content (AvgIpc) is 2.67. The number of hydrogen-bond acceptors (Lipinski definition) is 3. The molecule has 4 heteroatoms. The predicted octanol–water partition coefficient (Wildman–Crippen LogP) is 2.88. The van der Waals surface area contributed by atoms with Crippen LogP contribution in [-0.2, 0) is 6.54 Å². The maximum Gasteiger partial charge on any atom is 0.137 e.